The zero-order valence-electron chi connectivity index (χ0n) is 11.7. The molecule has 106 valence electrons. The molecule has 1 atom stereocenters. The Morgan fingerprint density at radius 1 is 1.33 bits per heavy atom. The minimum Gasteiger partial charge on any atom is -0.493 e. The molecule has 0 bridgehead atoms. The van der Waals surface area contributed by atoms with Gasteiger partial charge in [0.1, 0.15) is 5.75 Å². The van der Waals surface area contributed by atoms with Crippen molar-refractivity contribution >= 4 is 23.4 Å². The van der Waals surface area contributed by atoms with Crippen molar-refractivity contribution in [2.24, 2.45) is 0 Å². The number of nitrogens with zero attached hydrogens (tertiary/aromatic N) is 2. The summed E-state index contributed by atoms with van der Waals surface area (Å²) < 4.78 is 8.59. The molecule has 1 aliphatic rings. The third-order valence-electron chi connectivity index (χ3n) is 4.06. The van der Waals surface area contributed by atoms with Crippen LogP contribution in [-0.4, -0.2) is 21.1 Å². The van der Waals surface area contributed by atoms with Gasteiger partial charge >= 0.3 is 0 Å². The molecule has 3 aromatic rings. The second kappa shape index (κ2) is 4.70. The number of hydrogen-bond acceptors (Lipinski definition) is 3. The summed E-state index contributed by atoms with van der Waals surface area (Å²) in [6.07, 6.45) is 2.73. The molecule has 4 rings (SSSR count). The number of aryl methyl sites for hydroxylation is 1. The van der Waals surface area contributed by atoms with Crippen molar-refractivity contribution < 1.29 is 4.74 Å². The fourth-order valence-electron chi connectivity index (χ4n) is 3.03. The topological polar surface area (TPSA) is 42.8 Å². The highest BCUT2D eigenvalue weighted by atomic mass is 32.1. The van der Waals surface area contributed by atoms with E-state index in [2.05, 4.69) is 27.5 Å². The van der Waals surface area contributed by atoms with Gasteiger partial charge in [0.25, 0.3) is 0 Å². The minimum absolute atomic E-state index is 0.172. The predicted octanol–water partition coefficient (Wildman–Crippen LogP) is 3.77. The van der Waals surface area contributed by atoms with Crippen molar-refractivity contribution in [1.82, 2.24) is 14.5 Å². The van der Waals surface area contributed by atoms with Gasteiger partial charge in [0, 0.05) is 18.2 Å². The first-order valence-corrected chi connectivity index (χ1v) is 7.44. The second-order valence-corrected chi connectivity index (χ2v) is 5.70. The van der Waals surface area contributed by atoms with Crippen LogP contribution in [0.4, 0.5) is 0 Å². The summed E-state index contributed by atoms with van der Waals surface area (Å²) >= 11 is 5.55. The van der Waals surface area contributed by atoms with Crippen LogP contribution < -0.4 is 4.74 Å². The van der Waals surface area contributed by atoms with E-state index in [4.69, 9.17) is 17.0 Å². The van der Waals surface area contributed by atoms with Gasteiger partial charge < -0.3 is 9.72 Å². The van der Waals surface area contributed by atoms with Crippen LogP contribution in [0, 0.1) is 11.7 Å². The van der Waals surface area contributed by atoms with Crippen LogP contribution in [0.5, 0.6) is 5.75 Å². The Labute approximate surface area is 127 Å². The maximum Gasteiger partial charge on any atom is 0.179 e. The highest BCUT2D eigenvalue weighted by Crippen LogP contribution is 2.36. The van der Waals surface area contributed by atoms with Crippen LogP contribution in [0.25, 0.3) is 11.2 Å². The molecule has 0 amide bonds. The lowest BCUT2D eigenvalue weighted by Gasteiger charge is -2.27. The lowest BCUT2D eigenvalue weighted by Crippen LogP contribution is -2.20. The Hall–Kier alpha value is -2.14. The first-order valence-electron chi connectivity index (χ1n) is 7.03. The minimum atomic E-state index is 0.172. The molecule has 4 nitrogen and oxygen atoms in total. The summed E-state index contributed by atoms with van der Waals surface area (Å²) in [6.45, 7) is 2.76. The van der Waals surface area contributed by atoms with Gasteiger partial charge in [-0.2, -0.15) is 0 Å². The van der Waals surface area contributed by atoms with Gasteiger partial charge in [-0.05, 0) is 36.8 Å². The zero-order valence-corrected chi connectivity index (χ0v) is 12.5. The molecular weight excluding hydrogens is 282 g/mol. The Morgan fingerprint density at radius 3 is 3.10 bits per heavy atom. The number of para-hydroxylation sites is 1. The summed E-state index contributed by atoms with van der Waals surface area (Å²) in [5, 5.41) is 0. The molecule has 1 unspecified atom stereocenters. The van der Waals surface area contributed by atoms with Crippen LogP contribution in [0.1, 0.15) is 23.6 Å². The molecule has 3 heterocycles. The maximum atomic E-state index is 5.75. The number of fused-ring (bicyclic) bond motifs is 2. The summed E-state index contributed by atoms with van der Waals surface area (Å²) in [6, 6.07) is 10.3. The van der Waals surface area contributed by atoms with E-state index >= 15 is 0 Å². The SMILES string of the molecule is Cc1ccnc2c1[nH]c(=S)n2C1CCOc2ccccc21. The van der Waals surface area contributed by atoms with E-state index in [1.807, 2.05) is 30.5 Å². The standard InChI is InChI=1S/C16H15N3OS/c1-10-6-8-17-15-14(10)18-16(21)19(15)12-7-9-20-13-5-3-2-4-11(12)13/h2-6,8,12H,7,9H2,1H3,(H,18,21). The van der Waals surface area contributed by atoms with Crippen LogP contribution >= 0.6 is 12.2 Å². The maximum absolute atomic E-state index is 5.75. The van der Waals surface area contributed by atoms with Crippen molar-refractivity contribution in [3.8, 4) is 5.75 Å². The Bertz CT molecular complexity index is 881. The number of ether oxygens (including phenoxy) is 1. The van der Waals surface area contributed by atoms with E-state index in [-0.39, 0.29) is 6.04 Å². The van der Waals surface area contributed by atoms with E-state index in [1.165, 1.54) is 5.56 Å². The van der Waals surface area contributed by atoms with Gasteiger partial charge in [0.2, 0.25) is 0 Å². The number of hydrogen-bond donors (Lipinski definition) is 1. The molecule has 21 heavy (non-hydrogen) atoms. The molecular formula is C16H15N3OS. The fraction of sp³-hybridized carbons (Fsp3) is 0.250. The molecule has 1 N–H and O–H groups in total. The van der Waals surface area contributed by atoms with Gasteiger partial charge in [0.05, 0.1) is 18.2 Å². The predicted molar refractivity (Wildman–Crippen MR) is 84.3 cm³/mol. The molecule has 0 saturated carbocycles. The van der Waals surface area contributed by atoms with Crippen LogP contribution in [0.3, 0.4) is 0 Å². The van der Waals surface area contributed by atoms with Gasteiger partial charge in [-0.25, -0.2) is 4.98 Å². The van der Waals surface area contributed by atoms with Gasteiger partial charge in [-0.1, -0.05) is 18.2 Å². The van der Waals surface area contributed by atoms with Crippen LogP contribution in [-0.2, 0) is 0 Å². The smallest absolute Gasteiger partial charge is 0.179 e. The van der Waals surface area contributed by atoms with Crippen LogP contribution in [0.2, 0.25) is 0 Å². The summed E-state index contributed by atoms with van der Waals surface area (Å²) in [5.41, 5.74) is 4.27. The third-order valence-corrected chi connectivity index (χ3v) is 4.36. The largest absolute Gasteiger partial charge is 0.493 e. The van der Waals surface area contributed by atoms with E-state index in [0.717, 1.165) is 28.9 Å². The number of aromatic nitrogens is 3. The fourth-order valence-corrected chi connectivity index (χ4v) is 3.34. The monoisotopic (exact) mass is 297 g/mol. The van der Waals surface area contributed by atoms with Crippen molar-refractivity contribution in [1.29, 1.82) is 0 Å². The zero-order chi connectivity index (χ0) is 14.4. The lowest BCUT2D eigenvalue weighted by atomic mass is 10.0. The highest BCUT2D eigenvalue weighted by Gasteiger charge is 2.25. The average Bonchev–Trinajstić information content (AvgIpc) is 2.84. The molecule has 0 spiro atoms. The van der Waals surface area contributed by atoms with Crippen LogP contribution in [0.15, 0.2) is 36.5 Å². The van der Waals surface area contributed by atoms with E-state index in [9.17, 15) is 0 Å². The molecule has 0 aliphatic carbocycles. The summed E-state index contributed by atoms with van der Waals surface area (Å²) in [7, 11) is 0. The molecule has 1 aliphatic heterocycles. The van der Waals surface area contributed by atoms with Gasteiger partial charge in [-0.15, -0.1) is 0 Å². The van der Waals surface area contributed by atoms with Crippen molar-refractivity contribution in [3.05, 3.63) is 52.4 Å². The summed E-state index contributed by atoms with van der Waals surface area (Å²) in [5.74, 6) is 0.942. The van der Waals surface area contributed by atoms with E-state index in [0.29, 0.717) is 11.4 Å². The highest BCUT2D eigenvalue weighted by molar-refractivity contribution is 7.71. The van der Waals surface area contributed by atoms with Crippen molar-refractivity contribution in [3.63, 3.8) is 0 Å². The first kappa shape index (κ1) is 12.6. The lowest BCUT2D eigenvalue weighted by molar-refractivity contribution is 0.257. The average molecular weight is 297 g/mol. The number of rotatable bonds is 1. The number of pyridine rings is 1. The molecule has 2 aromatic heterocycles. The van der Waals surface area contributed by atoms with Crippen molar-refractivity contribution in [2.75, 3.05) is 6.61 Å². The number of aromatic amines is 1. The normalized spacial score (nSPS) is 17.5. The van der Waals surface area contributed by atoms with Crippen molar-refractivity contribution in [2.45, 2.75) is 19.4 Å². The summed E-state index contributed by atoms with van der Waals surface area (Å²) in [4.78, 5) is 7.83. The van der Waals surface area contributed by atoms with Gasteiger partial charge in [-0.3, -0.25) is 4.57 Å². The first-order chi connectivity index (χ1) is 10.3. The number of imidazole rings is 1. The Morgan fingerprint density at radius 2 is 2.19 bits per heavy atom. The van der Waals surface area contributed by atoms with E-state index in [1.54, 1.807) is 0 Å². The Balaban J connectivity index is 1.98. The second-order valence-electron chi connectivity index (χ2n) is 5.32. The number of benzene rings is 1. The molecule has 0 fully saturated rings. The molecule has 5 heteroatoms. The third kappa shape index (κ3) is 1.88. The Kier molecular flexibility index (Phi) is 2.82. The van der Waals surface area contributed by atoms with E-state index < -0.39 is 0 Å². The molecule has 1 aromatic carbocycles. The van der Waals surface area contributed by atoms with Gasteiger partial charge in [0.15, 0.2) is 10.4 Å². The number of H-pyrrole nitrogens is 1. The molecule has 0 radical (unpaired) electrons. The quantitative estimate of drug-likeness (QED) is 0.695. The number of nitrogens with one attached hydrogen (secondary N) is 1. The molecule has 0 saturated heterocycles.